The SMILES string of the molecule is O=c1occcc1C(O)C1C=CCCC1. The van der Waals surface area contributed by atoms with Gasteiger partial charge in [-0.25, -0.2) is 4.79 Å². The summed E-state index contributed by atoms with van der Waals surface area (Å²) < 4.78 is 4.73. The molecule has 2 atom stereocenters. The third kappa shape index (κ3) is 2.18. The molecule has 0 spiro atoms. The van der Waals surface area contributed by atoms with E-state index in [-0.39, 0.29) is 5.92 Å². The Morgan fingerprint density at radius 1 is 1.53 bits per heavy atom. The summed E-state index contributed by atoms with van der Waals surface area (Å²) in [6, 6.07) is 3.26. The molecule has 0 saturated carbocycles. The Bertz CT molecular complexity index is 405. The minimum absolute atomic E-state index is 0.0454. The van der Waals surface area contributed by atoms with Gasteiger partial charge in [0.25, 0.3) is 0 Å². The average molecular weight is 206 g/mol. The van der Waals surface area contributed by atoms with Crippen molar-refractivity contribution < 1.29 is 9.52 Å². The standard InChI is InChI=1S/C12H14O3/c13-11(9-5-2-1-3-6-9)10-7-4-8-15-12(10)14/h2,4-5,7-9,11,13H,1,3,6H2. The molecule has 0 bridgehead atoms. The first-order valence-electron chi connectivity index (χ1n) is 5.21. The quantitative estimate of drug-likeness (QED) is 0.753. The molecule has 1 N–H and O–H groups in total. The molecule has 0 aliphatic heterocycles. The summed E-state index contributed by atoms with van der Waals surface area (Å²) in [5, 5.41) is 10.0. The Kier molecular flexibility index (Phi) is 3.02. The van der Waals surface area contributed by atoms with Crippen molar-refractivity contribution in [1.82, 2.24) is 0 Å². The van der Waals surface area contributed by atoms with Crippen molar-refractivity contribution >= 4 is 0 Å². The third-order valence-corrected chi connectivity index (χ3v) is 2.78. The lowest BCUT2D eigenvalue weighted by molar-refractivity contribution is 0.119. The predicted octanol–water partition coefficient (Wildman–Crippen LogP) is 2.03. The molecule has 1 aromatic rings. The first-order valence-corrected chi connectivity index (χ1v) is 5.21. The van der Waals surface area contributed by atoms with Crippen molar-refractivity contribution in [3.63, 3.8) is 0 Å². The lowest BCUT2D eigenvalue weighted by Crippen LogP contribution is -2.19. The van der Waals surface area contributed by atoms with Crippen molar-refractivity contribution in [2.24, 2.45) is 5.92 Å². The number of rotatable bonds is 2. The van der Waals surface area contributed by atoms with Gasteiger partial charge in [-0.15, -0.1) is 0 Å². The van der Waals surface area contributed by atoms with Gasteiger partial charge in [0.1, 0.15) is 0 Å². The fourth-order valence-electron chi connectivity index (χ4n) is 1.93. The van der Waals surface area contributed by atoms with Crippen molar-refractivity contribution in [3.05, 3.63) is 46.5 Å². The first kappa shape index (κ1) is 10.2. The van der Waals surface area contributed by atoms with E-state index in [1.165, 1.54) is 6.26 Å². The Morgan fingerprint density at radius 2 is 2.40 bits per heavy atom. The highest BCUT2D eigenvalue weighted by Gasteiger charge is 2.22. The van der Waals surface area contributed by atoms with Crippen LogP contribution in [0.2, 0.25) is 0 Å². The largest absolute Gasteiger partial charge is 0.431 e. The lowest BCUT2D eigenvalue weighted by atomic mass is 9.88. The van der Waals surface area contributed by atoms with Gasteiger partial charge in [-0.05, 0) is 31.4 Å². The topological polar surface area (TPSA) is 50.4 Å². The maximum atomic E-state index is 11.4. The third-order valence-electron chi connectivity index (χ3n) is 2.78. The van der Waals surface area contributed by atoms with Gasteiger partial charge >= 0.3 is 5.63 Å². The van der Waals surface area contributed by atoms with E-state index >= 15 is 0 Å². The molecule has 0 radical (unpaired) electrons. The van der Waals surface area contributed by atoms with Crippen LogP contribution in [-0.4, -0.2) is 5.11 Å². The summed E-state index contributed by atoms with van der Waals surface area (Å²) in [7, 11) is 0. The summed E-state index contributed by atoms with van der Waals surface area (Å²) in [6.45, 7) is 0. The number of aliphatic hydroxyl groups excluding tert-OH is 1. The monoisotopic (exact) mass is 206 g/mol. The second-order valence-corrected chi connectivity index (χ2v) is 3.82. The Hall–Kier alpha value is -1.35. The lowest BCUT2D eigenvalue weighted by Gasteiger charge is -2.21. The molecule has 0 amide bonds. The summed E-state index contributed by atoms with van der Waals surface area (Å²) in [4.78, 5) is 11.4. The van der Waals surface area contributed by atoms with E-state index in [9.17, 15) is 9.90 Å². The van der Waals surface area contributed by atoms with Gasteiger partial charge in [0.05, 0.1) is 17.9 Å². The molecule has 1 aromatic heterocycles. The summed E-state index contributed by atoms with van der Waals surface area (Å²) in [5.74, 6) is 0.0454. The van der Waals surface area contributed by atoms with E-state index in [1.807, 2.05) is 6.08 Å². The second-order valence-electron chi connectivity index (χ2n) is 3.82. The Balaban J connectivity index is 2.23. The molecule has 15 heavy (non-hydrogen) atoms. The van der Waals surface area contributed by atoms with E-state index in [1.54, 1.807) is 12.1 Å². The van der Waals surface area contributed by atoms with Crippen LogP contribution in [0, 0.1) is 5.92 Å². The van der Waals surface area contributed by atoms with E-state index in [4.69, 9.17) is 4.42 Å². The van der Waals surface area contributed by atoms with E-state index in [2.05, 4.69) is 6.08 Å². The van der Waals surface area contributed by atoms with Gasteiger partial charge in [0, 0.05) is 5.92 Å². The number of aliphatic hydroxyl groups is 1. The van der Waals surface area contributed by atoms with E-state index in [0.717, 1.165) is 19.3 Å². The van der Waals surface area contributed by atoms with Crippen LogP contribution < -0.4 is 5.63 Å². The zero-order valence-electron chi connectivity index (χ0n) is 8.43. The highest BCUT2D eigenvalue weighted by molar-refractivity contribution is 5.14. The molecule has 1 aliphatic rings. The van der Waals surface area contributed by atoms with Crippen molar-refractivity contribution in [2.75, 3.05) is 0 Å². The second kappa shape index (κ2) is 4.45. The van der Waals surface area contributed by atoms with Gasteiger partial charge in [0.2, 0.25) is 0 Å². The highest BCUT2D eigenvalue weighted by Crippen LogP contribution is 2.28. The van der Waals surface area contributed by atoms with Gasteiger partial charge < -0.3 is 9.52 Å². The molecule has 1 heterocycles. The average Bonchev–Trinajstić information content (AvgIpc) is 2.30. The van der Waals surface area contributed by atoms with Crippen LogP contribution >= 0.6 is 0 Å². The van der Waals surface area contributed by atoms with Gasteiger partial charge in [-0.1, -0.05) is 12.2 Å². The van der Waals surface area contributed by atoms with Gasteiger partial charge in [0.15, 0.2) is 0 Å². The molecule has 2 unspecified atom stereocenters. The summed E-state index contributed by atoms with van der Waals surface area (Å²) in [6.07, 6.45) is 7.69. The Labute approximate surface area is 88.1 Å². The molecule has 3 nitrogen and oxygen atoms in total. The van der Waals surface area contributed by atoms with E-state index in [0.29, 0.717) is 5.56 Å². The number of hydrogen-bond donors (Lipinski definition) is 1. The number of hydrogen-bond acceptors (Lipinski definition) is 3. The summed E-state index contributed by atoms with van der Waals surface area (Å²) >= 11 is 0. The Morgan fingerprint density at radius 3 is 3.07 bits per heavy atom. The smallest absolute Gasteiger partial charge is 0.341 e. The van der Waals surface area contributed by atoms with Crippen LogP contribution in [0.5, 0.6) is 0 Å². The fraction of sp³-hybridized carbons (Fsp3) is 0.417. The van der Waals surface area contributed by atoms with Crippen LogP contribution in [0.4, 0.5) is 0 Å². The van der Waals surface area contributed by atoms with Crippen molar-refractivity contribution in [3.8, 4) is 0 Å². The maximum absolute atomic E-state index is 11.4. The van der Waals surface area contributed by atoms with Gasteiger partial charge in [-0.2, -0.15) is 0 Å². The normalized spacial score (nSPS) is 22.6. The predicted molar refractivity (Wildman–Crippen MR) is 56.4 cm³/mol. The van der Waals surface area contributed by atoms with Crippen molar-refractivity contribution in [1.29, 1.82) is 0 Å². The number of allylic oxidation sites excluding steroid dienone is 1. The minimum Gasteiger partial charge on any atom is -0.431 e. The van der Waals surface area contributed by atoms with Crippen LogP contribution in [0.1, 0.15) is 30.9 Å². The van der Waals surface area contributed by atoms with Crippen LogP contribution in [-0.2, 0) is 0 Å². The molecule has 2 rings (SSSR count). The van der Waals surface area contributed by atoms with Gasteiger partial charge in [-0.3, -0.25) is 0 Å². The molecule has 0 saturated heterocycles. The van der Waals surface area contributed by atoms with Crippen LogP contribution in [0.15, 0.2) is 39.8 Å². The molecule has 0 fully saturated rings. The molecule has 0 aromatic carbocycles. The van der Waals surface area contributed by atoms with Crippen LogP contribution in [0.3, 0.4) is 0 Å². The molecule has 1 aliphatic carbocycles. The molecular weight excluding hydrogens is 192 g/mol. The van der Waals surface area contributed by atoms with Crippen molar-refractivity contribution in [2.45, 2.75) is 25.4 Å². The van der Waals surface area contributed by atoms with E-state index < -0.39 is 11.7 Å². The van der Waals surface area contributed by atoms with Crippen LogP contribution in [0.25, 0.3) is 0 Å². The molecule has 3 heteroatoms. The highest BCUT2D eigenvalue weighted by atomic mass is 16.4. The maximum Gasteiger partial charge on any atom is 0.341 e. The molecular formula is C12H14O3. The zero-order valence-corrected chi connectivity index (χ0v) is 8.43. The zero-order chi connectivity index (χ0) is 10.7. The fourth-order valence-corrected chi connectivity index (χ4v) is 1.93. The minimum atomic E-state index is -0.737. The molecule has 80 valence electrons. The summed E-state index contributed by atoms with van der Waals surface area (Å²) in [5.41, 5.74) is -0.0852. The first-order chi connectivity index (χ1) is 7.29.